The van der Waals surface area contributed by atoms with Gasteiger partial charge in [0.25, 0.3) is 0 Å². The topological polar surface area (TPSA) is 52.1 Å². The first-order valence-electron chi connectivity index (χ1n) is 10.6. The fraction of sp³-hybridized carbons (Fsp3) is 0.667. The molecule has 2 fully saturated rings. The summed E-state index contributed by atoms with van der Waals surface area (Å²) in [5.41, 5.74) is 2.41. The SMILES string of the molecule is CCNC(=NCc1ccccc1CN1CCOCC1)NC1CCN(CC(F)(F)F)C1. The summed E-state index contributed by atoms with van der Waals surface area (Å²) in [7, 11) is 0. The molecule has 3 rings (SSSR count). The minimum absolute atomic E-state index is 0.0336. The summed E-state index contributed by atoms with van der Waals surface area (Å²) in [6.07, 6.45) is -3.48. The summed E-state index contributed by atoms with van der Waals surface area (Å²) in [5, 5.41) is 6.52. The molecule has 0 radical (unpaired) electrons. The zero-order chi connectivity index (χ0) is 21.4. The smallest absolute Gasteiger partial charge is 0.379 e. The van der Waals surface area contributed by atoms with Gasteiger partial charge in [0.05, 0.1) is 26.3 Å². The van der Waals surface area contributed by atoms with E-state index in [9.17, 15) is 13.2 Å². The van der Waals surface area contributed by atoms with Gasteiger partial charge in [0, 0.05) is 45.3 Å². The highest BCUT2D eigenvalue weighted by atomic mass is 19.4. The van der Waals surface area contributed by atoms with E-state index in [1.807, 2.05) is 19.1 Å². The second kappa shape index (κ2) is 11.0. The molecule has 30 heavy (non-hydrogen) atoms. The third-order valence-corrected chi connectivity index (χ3v) is 5.38. The van der Waals surface area contributed by atoms with Crippen molar-refractivity contribution in [3.63, 3.8) is 0 Å². The van der Waals surface area contributed by atoms with Crippen LogP contribution in [0.15, 0.2) is 29.3 Å². The van der Waals surface area contributed by atoms with Gasteiger partial charge in [-0.2, -0.15) is 13.2 Å². The van der Waals surface area contributed by atoms with Crippen LogP contribution in [-0.2, 0) is 17.8 Å². The predicted octanol–water partition coefficient (Wildman–Crippen LogP) is 2.21. The Kier molecular flexibility index (Phi) is 8.35. The van der Waals surface area contributed by atoms with Gasteiger partial charge in [-0.15, -0.1) is 0 Å². The summed E-state index contributed by atoms with van der Waals surface area (Å²) in [6.45, 7) is 7.42. The van der Waals surface area contributed by atoms with E-state index in [0.29, 0.717) is 38.6 Å². The second-order valence-electron chi connectivity index (χ2n) is 7.83. The number of nitrogens with zero attached hydrogens (tertiary/aromatic N) is 3. The lowest BCUT2D eigenvalue weighted by atomic mass is 10.1. The van der Waals surface area contributed by atoms with Gasteiger partial charge in [-0.05, 0) is 24.5 Å². The van der Waals surface area contributed by atoms with E-state index in [1.54, 1.807) is 0 Å². The number of nitrogens with one attached hydrogen (secondary N) is 2. The van der Waals surface area contributed by atoms with E-state index in [-0.39, 0.29) is 6.04 Å². The Labute approximate surface area is 176 Å². The molecule has 0 aromatic heterocycles. The molecule has 9 heteroatoms. The van der Waals surface area contributed by atoms with Crippen molar-refractivity contribution < 1.29 is 17.9 Å². The lowest BCUT2D eigenvalue weighted by molar-refractivity contribution is -0.143. The Balaban J connectivity index is 1.58. The number of hydrogen-bond acceptors (Lipinski definition) is 4. The first kappa shape index (κ1) is 22.8. The van der Waals surface area contributed by atoms with Gasteiger partial charge < -0.3 is 15.4 Å². The molecule has 0 bridgehead atoms. The van der Waals surface area contributed by atoms with Crippen LogP contribution in [0.3, 0.4) is 0 Å². The second-order valence-corrected chi connectivity index (χ2v) is 7.83. The number of ether oxygens (including phenoxy) is 1. The molecule has 168 valence electrons. The first-order valence-corrected chi connectivity index (χ1v) is 10.6. The van der Waals surface area contributed by atoms with Crippen LogP contribution in [0.25, 0.3) is 0 Å². The van der Waals surface area contributed by atoms with Gasteiger partial charge in [-0.1, -0.05) is 24.3 Å². The predicted molar refractivity (Wildman–Crippen MR) is 111 cm³/mol. The maximum absolute atomic E-state index is 12.6. The number of likely N-dealkylation sites (tertiary alicyclic amines) is 1. The van der Waals surface area contributed by atoms with Crippen molar-refractivity contribution in [1.29, 1.82) is 0 Å². The Morgan fingerprint density at radius 2 is 1.87 bits per heavy atom. The van der Waals surface area contributed by atoms with Gasteiger partial charge in [0.15, 0.2) is 5.96 Å². The van der Waals surface area contributed by atoms with Crippen LogP contribution in [0, 0.1) is 0 Å². The fourth-order valence-corrected chi connectivity index (χ4v) is 3.89. The lowest BCUT2D eigenvalue weighted by Crippen LogP contribution is -2.45. The third-order valence-electron chi connectivity index (χ3n) is 5.38. The molecule has 6 nitrogen and oxygen atoms in total. The summed E-state index contributed by atoms with van der Waals surface area (Å²) in [6, 6.07) is 8.24. The van der Waals surface area contributed by atoms with Crippen LogP contribution in [0.2, 0.25) is 0 Å². The molecule has 1 unspecified atom stereocenters. The van der Waals surface area contributed by atoms with Crippen molar-refractivity contribution in [2.75, 3.05) is 52.5 Å². The molecule has 2 aliphatic rings. The number of guanidine groups is 1. The molecular formula is C21H32F3N5O. The molecule has 2 N–H and O–H groups in total. The Bertz CT molecular complexity index is 691. The molecule has 2 aliphatic heterocycles. The quantitative estimate of drug-likeness (QED) is 0.516. The van der Waals surface area contributed by atoms with Crippen LogP contribution in [0.1, 0.15) is 24.5 Å². The van der Waals surface area contributed by atoms with Crippen molar-refractivity contribution in [3.05, 3.63) is 35.4 Å². The number of morpholine rings is 1. The van der Waals surface area contributed by atoms with Crippen LogP contribution >= 0.6 is 0 Å². The van der Waals surface area contributed by atoms with Crippen molar-refractivity contribution in [2.45, 2.75) is 38.7 Å². The van der Waals surface area contributed by atoms with Gasteiger partial charge in [-0.25, -0.2) is 4.99 Å². The average Bonchev–Trinajstić information content (AvgIpc) is 3.13. The Hall–Kier alpha value is -1.84. The van der Waals surface area contributed by atoms with E-state index in [4.69, 9.17) is 9.73 Å². The summed E-state index contributed by atoms with van der Waals surface area (Å²) in [5.74, 6) is 0.650. The molecule has 1 aromatic carbocycles. The number of benzene rings is 1. The number of alkyl halides is 3. The third kappa shape index (κ3) is 7.45. The zero-order valence-electron chi connectivity index (χ0n) is 17.5. The molecule has 2 heterocycles. The van der Waals surface area contributed by atoms with Gasteiger partial charge in [0.2, 0.25) is 0 Å². The van der Waals surface area contributed by atoms with Crippen molar-refractivity contribution in [1.82, 2.24) is 20.4 Å². The standard InChI is InChI=1S/C21H32F3N5O/c1-2-25-20(27-19-7-8-29(15-19)16-21(22,23)24)26-13-17-5-3-4-6-18(17)14-28-9-11-30-12-10-28/h3-6,19H,2,7-16H2,1H3,(H2,25,26,27). The van der Waals surface area contributed by atoms with Gasteiger partial charge in [0.1, 0.15) is 0 Å². The summed E-state index contributed by atoms with van der Waals surface area (Å²) in [4.78, 5) is 8.53. The highest BCUT2D eigenvalue weighted by molar-refractivity contribution is 5.80. The minimum atomic E-state index is -4.16. The van der Waals surface area contributed by atoms with Crippen LogP contribution in [-0.4, -0.2) is 80.5 Å². The molecule has 0 saturated carbocycles. The fourth-order valence-electron chi connectivity index (χ4n) is 3.89. The van der Waals surface area contributed by atoms with E-state index in [0.717, 1.165) is 38.4 Å². The van der Waals surface area contributed by atoms with Crippen LogP contribution in [0.4, 0.5) is 13.2 Å². The average molecular weight is 428 g/mol. The molecular weight excluding hydrogens is 395 g/mol. The number of aliphatic imine (C=N–C) groups is 1. The highest BCUT2D eigenvalue weighted by Crippen LogP contribution is 2.20. The summed E-state index contributed by atoms with van der Waals surface area (Å²) < 4.78 is 43.3. The summed E-state index contributed by atoms with van der Waals surface area (Å²) >= 11 is 0. The Morgan fingerprint density at radius 1 is 1.13 bits per heavy atom. The molecule has 0 aliphatic carbocycles. The van der Waals surface area contributed by atoms with E-state index in [2.05, 4.69) is 27.7 Å². The van der Waals surface area contributed by atoms with Crippen LogP contribution in [0.5, 0.6) is 0 Å². The Morgan fingerprint density at radius 3 is 2.57 bits per heavy atom. The minimum Gasteiger partial charge on any atom is -0.379 e. The van der Waals surface area contributed by atoms with Gasteiger partial charge in [-0.3, -0.25) is 9.80 Å². The van der Waals surface area contributed by atoms with Gasteiger partial charge >= 0.3 is 6.18 Å². The van der Waals surface area contributed by atoms with E-state index >= 15 is 0 Å². The molecule has 1 aromatic rings. The molecule has 0 spiro atoms. The van der Waals surface area contributed by atoms with Crippen molar-refractivity contribution in [3.8, 4) is 0 Å². The van der Waals surface area contributed by atoms with Crippen molar-refractivity contribution >= 4 is 5.96 Å². The number of halogens is 3. The zero-order valence-corrected chi connectivity index (χ0v) is 17.5. The normalized spacial score (nSPS) is 21.7. The lowest BCUT2D eigenvalue weighted by Gasteiger charge is -2.27. The van der Waals surface area contributed by atoms with E-state index < -0.39 is 12.7 Å². The number of hydrogen-bond donors (Lipinski definition) is 2. The maximum Gasteiger partial charge on any atom is 0.401 e. The highest BCUT2D eigenvalue weighted by Gasteiger charge is 2.34. The van der Waals surface area contributed by atoms with E-state index in [1.165, 1.54) is 10.5 Å². The number of rotatable bonds is 7. The maximum atomic E-state index is 12.6. The van der Waals surface area contributed by atoms with Crippen LogP contribution < -0.4 is 10.6 Å². The monoisotopic (exact) mass is 427 g/mol. The van der Waals surface area contributed by atoms with Crippen molar-refractivity contribution in [2.24, 2.45) is 4.99 Å². The molecule has 2 saturated heterocycles. The first-order chi connectivity index (χ1) is 14.4. The molecule has 1 atom stereocenters. The largest absolute Gasteiger partial charge is 0.401 e. The molecule has 0 amide bonds.